The molecule has 0 spiro atoms. The summed E-state index contributed by atoms with van der Waals surface area (Å²) in [6.45, 7) is 0.532. The number of hydrogen-bond acceptors (Lipinski definition) is 2. The van der Waals surface area contributed by atoms with Crippen molar-refractivity contribution in [2.75, 3.05) is 6.54 Å². The number of amides is 2. The Labute approximate surface area is 112 Å². The van der Waals surface area contributed by atoms with E-state index in [-0.39, 0.29) is 24.9 Å². The van der Waals surface area contributed by atoms with Gasteiger partial charge in [0.05, 0.1) is 5.60 Å². The van der Waals surface area contributed by atoms with Crippen LogP contribution in [0.5, 0.6) is 0 Å². The van der Waals surface area contributed by atoms with Crippen LogP contribution in [0, 0.1) is 5.82 Å². The first-order chi connectivity index (χ1) is 9.07. The monoisotopic (exact) mass is 266 g/mol. The molecule has 1 aliphatic rings. The molecule has 104 valence electrons. The van der Waals surface area contributed by atoms with Crippen LogP contribution in [0.3, 0.4) is 0 Å². The van der Waals surface area contributed by atoms with E-state index in [1.807, 2.05) is 0 Å². The molecular formula is C14H19FN2O2. The lowest BCUT2D eigenvalue weighted by Crippen LogP contribution is -2.44. The predicted octanol–water partition coefficient (Wildman–Crippen LogP) is 1.93. The van der Waals surface area contributed by atoms with Gasteiger partial charge in [0.1, 0.15) is 5.82 Å². The van der Waals surface area contributed by atoms with Crippen molar-refractivity contribution < 1.29 is 14.3 Å². The van der Waals surface area contributed by atoms with Crippen LogP contribution in [0.1, 0.15) is 31.2 Å². The minimum atomic E-state index is -0.754. The topological polar surface area (TPSA) is 61.4 Å². The number of aliphatic hydroxyl groups is 1. The summed E-state index contributed by atoms with van der Waals surface area (Å²) in [6, 6.07) is 5.74. The van der Waals surface area contributed by atoms with Crippen molar-refractivity contribution in [3.05, 3.63) is 35.6 Å². The normalized spacial score (nSPS) is 17.2. The fraction of sp³-hybridized carbons (Fsp3) is 0.500. The molecule has 5 heteroatoms. The van der Waals surface area contributed by atoms with Crippen LogP contribution >= 0.6 is 0 Å². The van der Waals surface area contributed by atoms with Gasteiger partial charge in [-0.1, -0.05) is 25.0 Å². The molecule has 1 aromatic rings. The van der Waals surface area contributed by atoms with Crippen molar-refractivity contribution in [3.8, 4) is 0 Å². The summed E-state index contributed by atoms with van der Waals surface area (Å²) in [7, 11) is 0. The maximum Gasteiger partial charge on any atom is 0.315 e. The molecule has 0 bridgehead atoms. The molecular weight excluding hydrogens is 247 g/mol. The molecule has 1 fully saturated rings. The highest BCUT2D eigenvalue weighted by Gasteiger charge is 2.31. The molecule has 19 heavy (non-hydrogen) atoms. The smallest absolute Gasteiger partial charge is 0.315 e. The zero-order valence-electron chi connectivity index (χ0n) is 10.8. The lowest BCUT2D eigenvalue weighted by atomic mass is 10.0. The summed E-state index contributed by atoms with van der Waals surface area (Å²) in [5, 5.41) is 15.4. The number of halogens is 1. The number of benzene rings is 1. The van der Waals surface area contributed by atoms with Crippen LogP contribution in [-0.2, 0) is 6.54 Å². The van der Waals surface area contributed by atoms with Crippen LogP contribution in [0.15, 0.2) is 24.3 Å². The van der Waals surface area contributed by atoms with E-state index in [2.05, 4.69) is 10.6 Å². The van der Waals surface area contributed by atoms with Gasteiger partial charge in [0, 0.05) is 13.1 Å². The summed E-state index contributed by atoms with van der Waals surface area (Å²) in [5.41, 5.74) is -0.0503. The summed E-state index contributed by atoms with van der Waals surface area (Å²) < 4.78 is 12.9. The highest BCUT2D eigenvalue weighted by molar-refractivity contribution is 5.73. The molecule has 0 aliphatic heterocycles. The Kier molecular flexibility index (Phi) is 4.37. The third kappa shape index (κ3) is 4.21. The molecule has 0 radical (unpaired) electrons. The van der Waals surface area contributed by atoms with Gasteiger partial charge in [-0.15, -0.1) is 0 Å². The largest absolute Gasteiger partial charge is 0.388 e. The maximum absolute atomic E-state index is 12.9. The molecule has 1 saturated carbocycles. The third-order valence-corrected chi connectivity index (χ3v) is 3.45. The highest BCUT2D eigenvalue weighted by atomic mass is 19.1. The van der Waals surface area contributed by atoms with Crippen molar-refractivity contribution in [3.63, 3.8) is 0 Å². The van der Waals surface area contributed by atoms with Crippen LogP contribution in [0.2, 0.25) is 0 Å². The van der Waals surface area contributed by atoms with Gasteiger partial charge in [-0.2, -0.15) is 0 Å². The summed E-state index contributed by atoms with van der Waals surface area (Å²) >= 11 is 0. The average Bonchev–Trinajstić information content (AvgIpc) is 2.82. The number of hydrogen-bond donors (Lipinski definition) is 3. The van der Waals surface area contributed by atoms with Crippen molar-refractivity contribution in [1.29, 1.82) is 0 Å². The second-order valence-corrected chi connectivity index (χ2v) is 5.10. The minimum absolute atomic E-state index is 0.266. The first kappa shape index (κ1) is 13.8. The van der Waals surface area contributed by atoms with E-state index in [0.29, 0.717) is 5.56 Å². The molecule has 2 amide bonds. The minimum Gasteiger partial charge on any atom is -0.388 e. The van der Waals surface area contributed by atoms with E-state index in [1.54, 1.807) is 12.1 Å². The molecule has 1 aliphatic carbocycles. The van der Waals surface area contributed by atoms with E-state index in [9.17, 15) is 14.3 Å². The fourth-order valence-electron chi connectivity index (χ4n) is 2.35. The van der Waals surface area contributed by atoms with Crippen molar-refractivity contribution in [2.45, 2.75) is 37.8 Å². The zero-order chi connectivity index (χ0) is 13.7. The first-order valence-electron chi connectivity index (χ1n) is 6.56. The predicted molar refractivity (Wildman–Crippen MR) is 70.1 cm³/mol. The molecule has 0 atom stereocenters. The Balaban J connectivity index is 1.73. The Bertz CT molecular complexity index is 445. The molecule has 4 nitrogen and oxygen atoms in total. The average molecular weight is 266 g/mol. The van der Waals surface area contributed by atoms with Gasteiger partial charge >= 0.3 is 6.03 Å². The fourth-order valence-corrected chi connectivity index (χ4v) is 2.35. The summed E-state index contributed by atoms with van der Waals surface area (Å²) in [6.07, 6.45) is 3.47. The maximum atomic E-state index is 12.9. The molecule has 0 saturated heterocycles. The Hall–Kier alpha value is -1.62. The quantitative estimate of drug-likeness (QED) is 0.780. The molecule has 0 heterocycles. The van der Waals surface area contributed by atoms with Crippen molar-refractivity contribution in [2.24, 2.45) is 0 Å². The zero-order valence-corrected chi connectivity index (χ0v) is 10.8. The molecule has 2 rings (SSSR count). The van der Waals surface area contributed by atoms with Crippen molar-refractivity contribution in [1.82, 2.24) is 10.6 Å². The van der Waals surface area contributed by atoms with Crippen LogP contribution in [0.25, 0.3) is 0 Å². The van der Waals surface area contributed by atoms with E-state index < -0.39 is 5.60 Å². The SMILES string of the molecule is O=C(NCc1cccc(F)c1)NCC1(O)CCCC1. The number of carbonyl (C=O) groups is 1. The van der Waals surface area contributed by atoms with Gasteiger partial charge in [-0.25, -0.2) is 9.18 Å². The van der Waals surface area contributed by atoms with E-state index in [1.165, 1.54) is 12.1 Å². The lowest BCUT2D eigenvalue weighted by Gasteiger charge is -2.22. The highest BCUT2D eigenvalue weighted by Crippen LogP contribution is 2.28. The second kappa shape index (κ2) is 6.02. The van der Waals surface area contributed by atoms with Crippen molar-refractivity contribution >= 4 is 6.03 Å². The van der Waals surface area contributed by atoms with Gasteiger partial charge in [0.25, 0.3) is 0 Å². The molecule has 0 unspecified atom stereocenters. The van der Waals surface area contributed by atoms with Gasteiger partial charge < -0.3 is 15.7 Å². The lowest BCUT2D eigenvalue weighted by molar-refractivity contribution is 0.0501. The van der Waals surface area contributed by atoms with Crippen LogP contribution < -0.4 is 10.6 Å². The van der Waals surface area contributed by atoms with Crippen LogP contribution in [-0.4, -0.2) is 23.3 Å². The molecule has 0 aromatic heterocycles. The first-order valence-corrected chi connectivity index (χ1v) is 6.56. The van der Waals surface area contributed by atoms with Crippen LogP contribution in [0.4, 0.5) is 9.18 Å². The number of rotatable bonds is 4. The Morgan fingerprint density at radius 2 is 2.05 bits per heavy atom. The Morgan fingerprint density at radius 1 is 1.32 bits per heavy atom. The van der Waals surface area contributed by atoms with E-state index in [0.717, 1.165) is 25.7 Å². The van der Waals surface area contributed by atoms with E-state index in [4.69, 9.17) is 0 Å². The molecule has 3 N–H and O–H groups in total. The Morgan fingerprint density at radius 3 is 2.74 bits per heavy atom. The van der Waals surface area contributed by atoms with E-state index >= 15 is 0 Å². The summed E-state index contributed by atoms with van der Waals surface area (Å²) in [4.78, 5) is 11.6. The van der Waals surface area contributed by atoms with Gasteiger partial charge in [0.15, 0.2) is 0 Å². The third-order valence-electron chi connectivity index (χ3n) is 3.45. The van der Waals surface area contributed by atoms with Gasteiger partial charge in [-0.05, 0) is 30.5 Å². The second-order valence-electron chi connectivity index (χ2n) is 5.10. The summed E-state index contributed by atoms with van der Waals surface area (Å²) in [5.74, 6) is -0.319. The van der Waals surface area contributed by atoms with Gasteiger partial charge in [0.2, 0.25) is 0 Å². The molecule has 1 aromatic carbocycles. The number of carbonyl (C=O) groups excluding carboxylic acids is 1. The number of urea groups is 1. The number of nitrogens with one attached hydrogen (secondary N) is 2. The van der Waals surface area contributed by atoms with Gasteiger partial charge in [-0.3, -0.25) is 0 Å². The standard InChI is InChI=1S/C14H19FN2O2/c15-12-5-3-4-11(8-12)9-16-13(18)17-10-14(19)6-1-2-7-14/h3-5,8,19H,1-2,6-7,9-10H2,(H2,16,17,18).